The fraction of sp³-hybridized carbons (Fsp3) is 0.0435. The number of benzene rings is 3. The van der Waals surface area contributed by atoms with E-state index in [4.69, 9.17) is 0 Å². The number of hydrogen-bond donors (Lipinski definition) is 3. The van der Waals surface area contributed by atoms with Gasteiger partial charge in [0.25, 0.3) is 11.5 Å². The van der Waals surface area contributed by atoms with E-state index < -0.39 is 17.7 Å². The third-order valence-electron chi connectivity index (χ3n) is 4.74. The summed E-state index contributed by atoms with van der Waals surface area (Å²) < 4.78 is 0. The lowest BCUT2D eigenvalue weighted by Gasteiger charge is -2.18. The van der Waals surface area contributed by atoms with E-state index in [1.807, 2.05) is 60.7 Å². The third kappa shape index (κ3) is 3.81. The normalized spacial score (nSPS) is 10.7. The summed E-state index contributed by atoms with van der Waals surface area (Å²) in [4.78, 5) is 37.6. The van der Waals surface area contributed by atoms with Crippen LogP contribution in [-0.4, -0.2) is 22.0 Å². The molecule has 0 spiro atoms. The first-order chi connectivity index (χ1) is 14.6. The molecule has 30 heavy (non-hydrogen) atoms. The predicted octanol–water partition coefficient (Wildman–Crippen LogP) is 2.52. The van der Waals surface area contributed by atoms with Crippen molar-refractivity contribution >= 4 is 22.6 Å². The van der Waals surface area contributed by atoms with Crippen LogP contribution in [0.4, 0.5) is 0 Å². The van der Waals surface area contributed by atoms with Gasteiger partial charge in [-0.15, -0.1) is 0 Å². The van der Waals surface area contributed by atoms with Crippen molar-refractivity contribution in [3.63, 3.8) is 0 Å². The van der Waals surface area contributed by atoms with Crippen LogP contribution >= 0.6 is 0 Å². The fourth-order valence-electron chi connectivity index (χ4n) is 3.32. The fourth-order valence-corrected chi connectivity index (χ4v) is 3.32. The van der Waals surface area contributed by atoms with Gasteiger partial charge in [0.05, 0.1) is 11.3 Å². The Hall–Kier alpha value is -4.26. The summed E-state index contributed by atoms with van der Waals surface area (Å²) in [7, 11) is 0. The number of hydrazine groups is 1. The van der Waals surface area contributed by atoms with E-state index in [0.717, 1.165) is 11.1 Å². The van der Waals surface area contributed by atoms with Crippen molar-refractivity contribution in [1.29, 1.82) is 0 Å². The minimum Gasteiger partial charge on any atom is -0.272 e. The van der Waals surface area contributed by atoms with Crippen LogP contribution < -0.4 is 16.4 Å². The zero-order valence-electron chi connectivity index (χ0n) is 15.8. The SMILES string of the molecule is O=C(NNC(=O)C(c1ccccc1)c1ccccc1)c1n[nH]c(=O)c2ccccc12. The van der Waals surface area contributed by atoms with E-state index >= 15 is 0 Å². The molecule has 0 saturated carbocycles. The lowest BCUT2D eigenvalue weighted by atomic mass is 9.91. The van der Waals surface area contributed by atoms with Crippen molar-refractivity contribution in [1.82, 2.24) is 21.0 Å². The topological polar surface area (TPSA) is 104 Å². The molecule has 7 heteroatoms. The molecule has 0 aliphatic rings. The van der Waals surface area contributed by atoms with Crippen LogP contribution in [0.3, 0.4) is 0 Å². The van der Waals surface area contributed by atoms with Crippen LogP contribution in [0.25, 0.3) is 10.8 Å². The zero-order chi connectivity index (χ0) is 20.9. The van der Waals surface area contributed by atoms with Gasteiger partial charge in [-0.2, -0.15) is 5.10 Å². The second kappa shape index (κ2) is 8.40. The molecule has 3 aromatic carbocycles. The van der Waals surface area contributed by atoms with Crippen molar-refractivity contribution in [2.45, 2.75) is 5.92 Å². The molecular weight excluding hydrogens is 380 g/mol. The van der Waals surface area contributed by atoms with Gasteiger partial charge in [0.1, 0.15) is 0 Å². The predicted molar refractivity (Wildman–Crippen MR) is 113 cm³/mol. The summed E-state index contributed by atoms with van der Waals surface area (Å²) in [5.41, 5.74) is 6.11. The molecular formula is C23H18N4O3. The average molecular weight is 398 g/mol. The highest BCUT2D eigenvalue weighted by atomic mass is 16.2. The molecule has 0 fully saturated rings. The van der Waals surface area contributed by atoms with Gasteiger partial charge in [-0.1, -0.05) is 78.9 Å². The maximum atomic E-state index is 13.0. The number of carbonyl (C=O) groups excluding carboxylic acids is 2. The first kappa shape index (κ1) is 19.1. The van der Waals surface area contributed by atoms with Crippen molar-refractivity contribution in [3.8, 4) is 0 Å². The molecule has 1 aromatic heterocycles. The minimum atomic E-state index is -0.629. The lowest BCUT2D eigenvalue weighted by molar-refractivity contribution is -0.122. The second-order valence-electron chi connectivity index (χ2n) is 6.64. The van der Waals surface area contributed by atoms with Gasteiger partial charge < -0.3 is 0 Å². The Morgan fingerprint density at radius 1 is 0.733 bits per heavy atom. The number of hydrogen-bond acceptors (Lipinski definition) is 4. The van der Waals surface area contributed by atoms with E-state index in [0.29, 0.717) is 10.8 Å². The Morgan fingerprint density at radius 2 is 1.27 bits per heavy atom. The molecule has 2 amide bonds. The molecule has 3 N–H and O–H groups in total. The third-order valence-corrected chi connectivity index (χ3v) is 4.74. The van der Waals surface area contributed by atoms with E-state index in [-0.39, 0.29) is 11.3 Å². The summed E-state index contributed by atoms with van der Waals surface area (Å²) in [5, 5.41) is 6.89. The number of carbonyl (C=O) groups is 2. The highest BCUT2D eigenvalue weighted by molar-refractivity contribution is 6.05. The van der Waals surface area contributed by atoms with Gasteiger partial charge in [0.2, 0.25) is 5.91 Å². The average Bonchev–Trinajstić information content (AvgIpc) is 2.79. The van der Waals surface area contributed by atoms with Crippen molar-refractivity contribution in [2.75, 3.05) is 0 Å². The molecule has 0 atom stereocenters. The van der Waals surface area contributed by atoms with E-state index in [2.05, 4.69) is 21.0 Å². The van der Waals surface area contributed by atoms with E-state index in [1.165, 1.54) is 0 Å². The van der Waals surface area contributed by atoms with Crippen molar-refractivity contribution in [2.24, 2.45) is 0 Å². The van der Waals surface area contributed by atoms with Crippen LogP contribution in [0, 0.1) is 0 Å². The summed E-state index contributed by atoms with van der Waals surface area (Å²) in [6, 6.07) is 25.2. The lowest BCUT2D eigenvalue weighted by Crippen LogP contribution is -2.44. The Kier molecular flexibility index (Phi) is 5.34. The number of rotatable bonds is 4. The highest BCUT2D eigenvalue weighted by Gasteiger charge is 2.23. The van der Waals surface area contributed by atoms with Gasteiger partial charge >= 0.3 is 0 Å². The van der Waals surface area contributed by atoms with Gasteiger partial charge in [-0.05, 0) is 17.2 Å². The van der Waals surface area contributed by atoms with Gasteiger partial charge in [-0.25, -0.2) is 5.10 Å². The molecule has 0 bridgehead atoms. The molecule has 0 unspecified atom stereocenters. The standard InChI is InChI=1S/C23H18N4O3/c28-21-18-14-8-7-13-17(18)20(24-25-21)23(30)27-26-22(29)19(15-9-3-1-4-10-15)16-11-5-2-6-12-16/h1-14,19H,(H,25,28)(H,26,29)(H,27,30). The maximum absolute atomic E-state index is 13.0. The van der Waals surface area contributed by atoms with Gasteiger partial charge in [0, 0.05) is 5.39 Å². The van der Waals surface area contributed by atoms with Gasteiger partial charge in [0.15, 0.2) is 5.69 Å². The van der Waals surface area contributed by atoms with Crippen molar-refractivity contribution < 1.29 is 9.59 Å². The Balaban J connectivity index is 1.58. The van der Waals surface area contributed by atoms with Crippen LogP contribution in [0.1, 0.15) is 27.5 Å². The Bertz CT molecular complexity index is 1210. The number of nitrogens with zero attached hydrogens (tertiary/aromatic N) is 1. The minimum absolute atomic E-state index is 0.0153. The number of aromatic amines is 1. The van der Waals surface area contributed by atoms with Crippen LogP contribution in [0.5, 0.6) is 0 Å². The first-order valence-corrected chi connectivity index (χ1v) is 9.32. The molecule has 0 aliphatic heterocycles. The summed E-state index contributed by atoms with van der Waals surface area (Å²) >= 11 is 0. The Morgan fingerprint density at radius 3 is 1.87 bits per heavy atom. The van der Waals surface area contributed by atoms with Crippen LogP contribution in [0.15, 0.2) is 89.7 Å². The largest absolute Gasteiger partial charge is 0.290 e. The smallest absolute Gasteiger partial charge is 0.272 e. The first-order valence-electron chi connectivity index (χ1n) is 9.32. The summed E-state index contributed by atoms with van der Waals surface area (Å²) in [6.45, 7) is 0. The van der Waals surface area contributed by atoms with Crippen LogP contribution in [0.2, 0.25) is 0 Å². The zero-order valence-corrected chi connectivity index (χ0v) is 15.8. The summed E-state index contributed by atoms with van der Waals surface area (Å²) in [5.74, 6) is -1.63. The van der Waals surface area contributed by atoms with E-state index in [9.17, 15) is 14.4 Å². The molecule has 1 heterocycles. The number of fused-ring (bicyclic) bond motifs is 1. The molecule has 7 nitrogen and oxygen atoms in total. The molecule has 0 aliphatic carbocycles. The number of amides is 2. The number of aromatic nitrogens is 2. The number of nitrogens with one attached hydrogen (secondary N) is 3. The van der Waals surface area contributed by atoms with Crippen molar-refractivity contribution in [3.05, 3.63) is 112 Å². The molecule has 0 saturated heterocycles. The molecule has 4 aromatic rings. The Labute approximate surface area is 171 Å². The molecule has 148 valence electrons. The maximum Gasteiger partial charge on any atom is 0.290 e. The quantitative estimate of drug-likeness (QED) is 0.460. The second-order valence-corrected chi connectivity index (χ2v) is 6.64. The highest BCUT2D eigenvalue weighted by Crippen LogP contribution is 2.24. The van der Waals surface area contributed by atoms with Gasteiger partial charge in [-0.3, -0.25) is 25.2 Å². The molecule has 0 radical (unpaired) electrons. The summed E-state index contributed by atoms with van der Waals surface area (Å²) in [6.07, 6.45) is 0. The number of H-pyrrole nitrogens is 1. The molecule has 4 rings (SSSR count). The van der Waals surface area contributed by atoms with Crippen LogP contribution in [-0.2, 0) is 4.79 Å². The monoisotopic (exact) mass is 398 g/mol. The van der Waals surface area contributed by atoms with E-state index in [1.54, 1.807) is 24.3 Å².